The quantitative estimate of drug-likeness (QED) is 0.765. The van der Waals surface area contributed by atoms with Crippen molar-refractivity contribution in [2.75, 3.05) is 14.2 Å². The van der Waals surface area contributed by atoms with Gasteiger partial charge in [-0.1, -0.05) is 13.8 Å². The Bertz CT molecular complexity index is 527. The van der Waals surface area contributed by atoms with E-state index in [1.165, 1.54) is 14.2 Å². The van der Waals surface area contributed by atoms with Crippen LogP contribution in [0.1, 0.15) is 25.8 Å². The SMILES string of the molecule is COc1ccc(OC)c(CC(=O)N[C@H](CC(C)C)C(=O)O)c1. The molecule has 0 aliphatic carbocycles. The maximum atomic E-state index is 12.1. The van der Waals surface area contributed by atoms with E-state index in [0.29, 0.717) is 23.5 Å². The summed E-state index contributed by atoms with van der Waals surface area (Å²) in [6.45, 7) is 3.82. The van der Waals surface area contributed by atoms with Gasteiger partial charge in [-0.2, -0.15) is 0 Å². The fraction of sp³-hybridized carbons (Fsp3) is 0.500. The first-order valence-electron chi connectivity index (χ1n) is 7.10. The molecule has 1 amide bonds. The standard InChI is InChI=1S/C16H23NO5/c1-10(2)7-13(16(19)20)17-15(18)9-11-8-12(21-3)5-6-14(11)22-4/h5-6,8,10,13H,7,9H2,1-4H3,(H,17,18)(H,19,20)/t13-/m1/s1. The maximum absolute atomic E-state index is 12.1. The highest BCUT2D eigenvalue weighted by atomic mass is 16.5. The van der Waals surface area contributed by atoms with Crippen molar-refractivity contribution in [1.82, 2.24) is 5.32 Å². The van der Waals surface area contributed by atoms with Crippen molar-refractivity contribution in [3.8, 4) is 11.5 Å². The fourth-order valence-electron chi connectivity index (χ4n) is 2.13. The van der Waals surface area contributed by atoms with Crippen LogP contribution < -0.4 is 14.8 Å². The monoisotopic (exact) mass is 309 g/mol. The molecule has 0 spiro atoms. The van der Waals surface area contributed by atoms with Gasteiger partial charge in [-0.3, -0.25) is 4.79 Å². The van der Waals surface area contributed by atoms with Crippen molar-refractivity contribution in [2.45, 2.75) is 32.7 Å². The normalized spacial score (nSPS) is 11.9. The average Bonchev–Trinajstić information content (AvgIpc) is 2.45. The zero-order chi connectivity index (χ0) is 16.7. The second-order valence-electron chi connectivity index (χ2n) is 5.44. The summed E-state index contributed by atoms with van der Waals surface area (Å²) < 4.78 is 10.3. The fourth-order valence-corrected chi connectivity index (χ4v) is 2.13. The zero-order valence-electron chi connectivity index (χ0n) is 13.4. The second-order valence-corrected chi connectivity index (χ2v) is 5.44. The van der Waals surface area contributed by atoms with E-state index in [4.69, 9.17) is 14.6 Å². The van der Waals surface area contributed by atoms with E-state index in [1.807, 2.05) is 13.8 Å². The Morgan fingerprint density at radius 1 is 1.23 bits per heavy atom. The van der Waals surface area contributed by atoms with Gasteiger partial charge in [-0.15, -0.1) is 0 Å². The van der Waals surface area contributed by atoms with Gasteiger partial charge in [-0.05, 0) is 30.5 Å². The average molecular weight is 309 g/mol. The highest BCUT2D eigenvalue weighted by Crippen LogP contribution is 2.24. The van der Waals surface area contributed by atoms with Crippen LogP contribution in [-0.4, -0.2) is 37.2 Å². The number of amides is 1. The van der Waals surface area contributed by atoms with Crippen molar-refractivity contribution in [3.05, 3.63) is 23.8 Å². The number of carbonyl (C=O) groups is 2. The summed E-state index contributed by atoms with van der Waals surface area (Å²) in [6, 6.07) is 4.27. The Kier molecular flexibility index (Phi) is 6.69. The lowest BCUT2D eigenvalue weighted by Gasteiger charge is -2.17. The zero-order valence-corrected chi connectivity index (χ0v) is 13.4. The third-order valence-electron chi connectivity index (χ3n) is 3.18. The molecule has 0 saturated carbocycles. The largest absolute Gasteiger partial charge is 0.497 e. The van der Waals surface area contributed by atoms with Crippen molar-refractivity contribution in [2.24, 2.45) is 5.92 Å². The van der Waals surface area contributed by atoms with Crippen LogP contribution in [0.2, 0.25) is 0 Å². The van der Waals surface area contributed by atoms with E-state index >= 15 is 0 Å². The summed E-state index contributed by atoms with van der Waals surface area (Å²) in [5.74, 6) is -0.0423. The number of aliphatic carboxylic acids is 1. The first-order chi connectivity index (χ1) is 10.4. The molecule has 0 heterocycles. The van der Waals surface area contributed by atoms with Gasteiger partial charge in [0.1, 0.15) is 17.5 Å². The Morgan fingerprint density at radius 2 is 1.91 bits per heavy atom. The van der Waals surface area contributed by atoms with Gasteiger partial charge in [0.2, 0.25) is 5.91 Å². The summed E-state index contributed by atoms with van der Waals surface area (Å²) in [4.78, 5) is 23.3. The molecule has 0 radical (unpaired) electrons. The van der Waals surface area contributed by atoms with Gasteiger partial charge in [0.05, 0.1) is 20.6 Å². The van der Waals surface area contributed by atoms with Crippen LogP contribution in [0.3, 0.4) is 0 Å². The molecule has 0 bridgehead atoms. The van der Waals surface area contributed by atoms with E-state index < -0.39 is 12.0 Å². The molecule has 1 aromatic rings. The Labute approximate surface area is 130 Å². The molecular weight excluding hydrogens is 286 g/mol. The summed E-state index contributed by atoms with van der Waals surface area (Å²) in [6.07, 6.45) is 0.415. The predicted molar refractivity (Wildman–Crippen MR) is 82.3 cm³/mol. The molecule has 1 atom stereocenters. The van der Waals surface area contributed by atoms with Crippen LogP contribution in [-0.2, 0) is 16.0 Å². The number of ether oxygens (including phenoxy) is 2. The van der Waals surface area contributed by atoms with Gasteiger partial charge >= 0.3 is 5.97 Å². The molecule has 22 heavy (non-hydrogen) atoms. The molecule has 2 N–H and O–H groups in total. The molecule has 0 saturated heterocycles. The highest BCUT2D eigenvalue weighted by Gasteiger charge is 2.21. The number of benzene rings is 1. The third-order valence-corrected chi connectivity index (χ3v) is 3.18. The van der Waals surface area contributed by atoms with Gasteiger partial charge in [0.15, 0.2) is 0 Å². The maximum Gasteiger partial charge on any atom is 0.326 e. The van der Waals surface area contributed by atoms with E-state index in [-0.39, 0.29) is 18.2 Å². The van der Waals surface area contributed by atoms with Crippen LogP contribution in [0.25, 0.3) is 0 Å². The molecular formula is C16H23NO5. The lowest BCUT2D eigenvalue weighted by molar-refractivity contribution is -0.142. The first-order valence-corrected chi connectivity index (χ1v) is 7.10. The molecule has 0 aliphatic heterocycles. The summed E-state index contributed by atoms with van der Waals surface area (Å²) in [7, 11) is 3.05. The molecule has 0 unspecified atom stereocenters. The van der Waals surface area contributed by atoms with Crippen LogP contribution in [0, 0.1) is 5.92 Å². The van der Waals surface area contributed by atoms with Gasteiger partial charge < -0.3 is 19.9 Å². The molecule has 1 aromatic carbocycles. The Hall–Kier alpha value is -2.24. The molecule has 122 valence electrons. The van der Waals surface area contributed by atoms with Crippen molar-refractivity contribution in [1.29, 1.82) is 0 Å². The van der Waals surface area contributed by atoms with Crippen LogP contribution in [0.4, 0.5) is 0 Å². The van der Waals surface area contributed by atoms with E-state index in [9.17, 15) is 9.59 Å². The Balaban J connectivity index is 2.81. The molecule has 0 fully saturated rings. The molecule has 0 aromatic heterocycles. The highest BCUT2D eigenvalue weighted by molar-refractivity contribution is 5.85. The topological polar surface area (TPSA) is 84.9 Å². The number of carbonyl (C=O) groups excluding carboxylic acids is 1. The summed E-state index contributed by atoms with van der Waals surface area (Å²) in [5, 5.41) is 11.7. The summed E-state index contributed by atoms with van der Waals surface area (Å²) >= 11 is 0. The lowest BCUT2D eigenvalue weighted by Crippen LogP contribution is -2.42. The van der Waals surface area contributed by atoms with Gasteiger partial charge in [-0.25, -0.2) is 4.79 Å². The van der Waals surface area contributed by atoms with Crippen LogP contribution in [0.15, 0.2) is 18.2 Å². The van der Waals surface area contributed by atoms with E-state index in [0.717, 1.165) is 0 Å². The number of nitrogens with one attached hydrogen (secondary N) is 1. The number of hydrogen-bond donors (Lipinski definition) is 2. The lowest BCUT2D eigenvalue weighted by atomic mass is 10.0. The minimum atomic E-state index is -1.03. The number of methoxy groups -OCH3 is 2. The number of rotatable bonds is 8. The minimum absolute atomic E-state index is 0.0300. The summed E-state index contributed by atoms with van der Waals surface area (Å²) in [5.41, 5.74) is 0.646. The van der Waals surface area contributed by atoms with Gasteiger partial charge in [0, 0.05) is 5.56 Å². The van der Waals surface area contributed by atoms with Crippen LogP contribution in [0.5, 0.6) is 11.5 Å². The number of carboxylic acid groups (broad SMARTS) is 1. The van der Waals surface area contributed by atoms with E-state index in [1.54, 1.807) is 18.2 Å². The van der Waals surface area contributed by atoms with E-state index in [2.05, 4.69) is 5.32 Å². The molecule has 0 aliphatic rings. The smallest absolute Gasteiger partial charge is 0.326 e. The van der Waals surface area contributed by atoms with Crippen molar-refractivity contribution in [3.63, 3.8) is 0 Å². The molecule has 6 heteroatoms. The minimum Gasteiger partial charge on any atom is -0.497 e. The van der Waals surface area contributed by atoms with Crippen LogP contribution >= 0.6 is 0 Å². The Morgan fingerprint density at radius 3 is 2.41 bits per heavy atom. The molecule has 1 rings (SSSR count). The van der Waals surface area contributed by atoms with Crippen molar-refractivity contribution >= 4 is 11.9 Å². The van der Waals surface area contributed by atoms with Gasteiger partial charge in [0.25, 0.3) is 0 Å². The first kappa shape index (κ1) is 17.8. The third kappa shape index (κ3) is 5.27. The number of hydrogen-bond acceptors (Lipinski definition) is 4. The number of carboxylic acids is 1. The second kappa shape index (κ2) is 8.26. The predicted octanol–water partition coefficient (Wildman–Crippen LogP) is 1.86. The molecule has 6 nitrogen and oxygen atoms in total. The van der Waals surface area contributed by atoms with Crippen molar-refractivity contribution < 1.29 is 24.2 Å².